The summed E-state index contributed by atoms with van der Waals surface area (Å²) in [6.45, 7) is 2.25. The Morgan fingerprint density at radius 3 is 2.53 bits per heavy atom. The summed E-state index contributed by atoms with van der Waals surface area (Å²) < 4.78 is 22.2. The molecule has 1 aliphatic rings. The summed E-state index contributed by atoms with van der Waals surface area (Å²) in [5.74, 6) is 0.520. The fourth-order valence-corrected chi connectivity index (χ4v) is 4.33. The minimum Gasteiger partial charge on any atom is -0.489 e. The fraction of sp³-hybridized carbons (Fsp3) is 0.333. The molecule has 1 aliphatic carbocycles. The molecule has 1 aromatic heterocycles. The predicted molar refractivity (Wildman–Crippen MR) is 113 cm³/mol. The maximum Gasteiger partial charge on any atom is 0.228 e. The van der Waals surface area contributed by atoms with E-state index >= 15 is 0 Å². The van der Waals surface area contributed by atoms with Gasteiger partial charge in [0.05, 0.1) is 5.41 Å². The van der Waals surface area contributed by atoms with Crippen LogP contribution in [0.5, 0.6) is 5.75 Å². The van der Waals surface area contributed by atoms with E-state index in [1.165, 1.54) is 12.1 Å². The number of nitrogens with two attached hydrogens (primary N) is 1. The first kappa shape index (κ1) is 20.1. The molecule has 0 spiro atoms. The van der Waals surface area contributed by atoms with Crippen LogP contribution in [0.15, 0.2) is 54.9 Å². The zero-order chi connectivity index (χ0) is 21.1. The second-order valence-corrected chi connectivity index (χ2v) is 7.98. The quantitative estimate of drug-likeness (QED) is 0.650. The molecule has 0 bridgehead atoms. The van der Waals surface area contributed by atoms with Gasteiger partial charge in [-0.2, -0.15) is 0 Å². The van der Waals surface area contributed by atoms with Crippen LogP contribution in [-0.4, -0.2) is 15.5 Å². The van der Waals surface area contributed by atoms with E-state index in [-0.39, 0.29) is 5.91 Å². The summed E-state index contributed by atoms with van der Waals surface area (Å²) in [4.78, 5) is 16.5. The molecule has 1 heterocycles. The molecular formula is C24H26FN3O2. The summed E-state index contributed by atoms with van der Waals surface area (Å²) in [7, 11) is 0. The molecule has 4 rings (SSSR count). The molecule has 1 fully saturated rings. The van der Waals surface area contributed by atoms with Crippen LogP contribution in [0, 0.1) is 12.7 Å². The van der Waals surface area contributed by atoms with Gasteiger partial charge in [-0.05, 0) is 55.2 Å². The highest BCUT2D eigenvalue weighted by Crippen LogP contribution is 2.40. The average molecular weight is 407 g/mol. The Kier molecular flexibility index (Phi) is 5.57. The number of rotatable bonds is 6. The first-order chi connectivity index (χ1) is 14.5. The summed E-state index contributed by atoms with van der Waals surface area (Å²) in [5, 5.41) is 0. The number of primary amides is 1. The van der Waals surface area contributed by atoms with Crippen molar-refractivity contribution < 1.29 is 13.9 Å². The molecule has 156 valence electrons. The number of halogens is 1. The van der Waals surface area contributed by atoms with Crippen molar-refractivity contribution in [3.05, 3.63) is 77.6 Å². The number of hydrogen-bond donors (Lipinski definition) is 1. The van der Waals surface area contributed by atoms with Gasteiger partial charge in [-0.1, -0.05) is 31.4 Å². The molecule has 1 saturated carbocycles. The highest BCUT2D eigenvalue weighted by Gasteiger charge is 2.40. The van der Waals surface area contributed by atoms with Crippen LogP contribution in [0.2, 0.25) is 0 Å². The van der Waals surface area contributed by atoms with Crippen LogP contribution >= 0.6 is 0 Å². The largest absolute Gasteiger partial charge is 0.489 e. The fourth-order valence-electron chi connectivity index (χ4n) is 4.33. The molecule has 0 unspecified atom stereocenters. The second kappa shape index (κ2) is 8.30. The first-order valence-electron chi connectivity index (χ1n) is 10.3. The number of benzene rings is 2. The second-order valence-electron chi connectivity index (χ2n) is 7.98. The van der Waals surface area contributed by atoms with Gasteiger partial charge in [0.25, 0.3) is 0 Å². The third kappa shape index (κ3) is 3.95. The van der Waals surface area contributed by atoms with Gasteiger partial charge >= 0.3 is 0 Å². The van der Waals surface area contributed by atoms with Crippen molar-refractivity contribution in [3.8, 4) is 11.4 Å². The Hall–Kier alpha value is -3.15. The lowest BCUT2D eigenvalue weighted by Crippen LogP contribution is -2.42. The van der Waals surface area contributed by atoms with E-state index in [1.807, 2.05) is 42.0 Å². The molecule has 0 radical (unpaired) electrons. The lowest BCUT2D eigenvalue weighted by atomic mass is 9.69. The minimum atomic E-state index is -0.803. The van der Waals surface area contributed by atoms with Gasteiger partial charge in [0.1, 0.15) is 24.0 Å². The third-order valence-electron chi connectivity index (χ3n) is 6.05. The van der Waals surface area contributed by atoms with Crippen molar-refractivity contribution in [2.45, 2.75) is 51.0 Å². The predicted octanol–water partition coefficient (Wildman–Crippen LogP) is 4.59. The van der Waals surface area contributed by atoms with Crippen LogP contribution in [0.1, 0.15) is 49.1 Å². The number of imidazole rings is 1. The van der Waals surface area contributed by atoms with E-state index in [1.54, 1.807) is 12.3 Å². The molecule has 0 aliphatic heterocycles. The Labute approximate surface area is 175 Å². The molecule has 5 nitrogen and oxygen atoms in total. The van der Waals surface area contributed by atoms with Gasteiger partial charge in [-0.25, -0.2) is 9.37 Å². The molecular weight excluding hydrogens is 381 g/mol. The van der Waals surface area contributed by atoms with E-state index < -0.39 is 11.2 Å². The van der Waals surface area contributed by atoms with Crippen molar-refractivity contribution in [2.75, 3.05) is 0 Å². The smallest absolute Gasteiger partial charge is 0.228 e. The number of aryl methyl sites for hydroxylation is 1. The van der Waals surface area contributed by atoms with Crippen LogP contribution < -0.4 is 10.5 Å². The van der Waals surface area contributed by atoms with E-state index in [2.05, 4.69) is 4.98 Å². The van der Waals surface area contributed by atoms with Gasteiger partial charge in [-0.3, -0.25) is 4.79 Å². The lowest BCUT2D eigenvalue weighted by molar-refractivity contribution is -0.124. The first-order valence-corrected chi connectivity index (χ1v) is 10.3. The van der Waals surface area contributed by atoms with Crippen molar-refractivity contribution in [2.24, 2.45) is 5.73 Å². The number of carbonyl (C=O) groups excluding carboxylic acids is 1. The maximum atomic E-state index is 14.3. The molecule has 6 heteroatoms. The van der Waals surface area contributed by atoms with Crippen LogP contribution in [-0.2, 0) is 16.8 Å². The Balaban J connectivity index is 1.51. The topological polar surface area (TPSA) is 70.1 Å². The number of aromatic nitrogens is 2. The Morgan fingerprint density at radius 1 is 1.17 bits per heavy atom. The monoisotopic (exact) mass is 407 g/mol. The van der Waals surface area contributed by atoms with Crippen molar-refractivity contribution in [1.29, 1.82) is 0 Å². The molecule has 0 atom stereocenters. The van der Waals surface area contributed by atoms with Gasteiger partial charge in [-0.15, -0.1) is 0 Å². The SMILES string of the molecule is Cc1nccn1-c1ccc(COc2cc(F)cc(C3(C(N)=O)CCCCC3)c2)cc1. The molecule has 1 amide bonds. The highest BCUT2D eigenvalue weighted by atomic mass is 19.1. The maximum absolute atomic E-state index is 14.3. The van der Waals surface area contributed by atoms with Crippen molar-refractivity contribution in [1.82, 2.24) is 9.55 Å². The van der Waals surface area contributed by atoms with E-state index in [0.29, 0.717) is 30.8 Å². The van der Waals surface area contributed by atoms with E-state index in [4.69, 9.17) is 10.5 Å². The van der Waals surface area contributed by atoms with Crippen LogP contribution in [0.3, 0.4) is 0 Å². The lowest BCUT2D eigenvalue weighted by Gasteiger charge is -2.35. The van der Waals surface area contributed by atoms with Gasteiger partial charge in [0.2, 0.25) is 5.91 Å². The van der Waals surface area contributed by atoms with Gasteiger partial charge in [0.15, 0.2) is 0 Å². The summed E-state index contributed by atoms with van der Waals surface area (Å²) in [6, 6.07) is 12.5. The zero-order valence-electron chi connectivity index (χ0n) is 17.1. The molecule has 2 aromatic carbocycles. The van der Waals surface area contributed by atoms with E-state index in [0.717, 1.165) is 36.3 Å². The number of hydrogen-bond acceptors (Lipinski definition) is 3. The van der Waals surface area contributed by atoms with E-state index in [9.17, 15) is 9.18 Å². The number of carbonyl (C=O) groups is 1. The molecule has 0 saturated heterocycles. The van der Waals surface area contributed by atoms with Gasteiger partial charge < -0.3 is 15.0 Å². The number of amides is 1. The normalized spacial score (nSPS) is 15.7. The van der Waals surface area contributed by atoms with Gasteiger partial charge in [0, 0.05) is 24.1 Å². The van der Waals surface area contributed by atoms with Crippen LogP contribution in [0.25, 0.3) is 5.69 Å². The summed E-state index contributed by atoms with van der Waals surface area (Å²) in [6.07, 6.45) is 7.88. The number of nitrogens with zero attached hydrogens (tertiary/aromatic N) is 2. The average Bonchev–Trinajstić information content (AvgIpc) is 3.18. The zero-order valence-corrected chi connectivity index (χ0v) is 17.1. The standard InChI is InChI=1S/C24H26FN3O2/c1-17-27-11-12-28(17)21-7-5-18(6-8-21)16-30-22-14-19(13-20(25)15-22)24(23(26)29)9-3-2-4-10-24/h5-8,11-15H,2-4,9-10,16H2,1H3,(H2,26,29). The minimum absolute atomic E-state index is 0.301. The number of ether oxygens (including phenoxy) is 1. The molecule has 2 N–H and O–H groups in total. The summed E-state index contributed by atoms with van der Waals surface area (Å²) in [5.41, 5.74) is 7.55. The molecule has 30 heavy (non-hydrogen) atoms. The van der Waals surface area contributed by atoms with Crippen molar-refractivity contribution in [3.63, 3.8) is 0 Å². The molecule has 3 aromatic rings. The Morgan fingerprint density at radius 2 is 1.90 bits per heavy atom. The Bertz CT molecular complexity index is 1040. The third-order valence-corrected chi connectivity index (χ3v) is 6.05. The van der Waals surface area contributed by atoms with Crippen LogP contribution in [0.4, 0.5) is 4.39 Å². The summed E-state index contributed by atoms with van der Waals surface area (Å²) >= 11 is 0. The van der Waals surface area contributed by atoms with Crippen molar-refractivity contribution >= 4 is 5.91 Å². The highest BCUT2D eigenvalue weighted by molar-refractivity contribution is 5.87.